The van der Waals surface area contributed by atoms with Crippen LogP contribution in [0.3, 0.4) is 0 Å². The van der Waals surface area contributed by atoms with Gasteiger partial charge in [-0.2, -0.15) is 5.12 Å². The third kappa shape index (κ3) is 2.77. The highest BCUT2D eigenvalue weighted by molar-refractivity contribution is 5.77. The molecule has 2 N–H and O–H groups in total. The van der Waals surface area contributed by atoms with Crippen molar-refractivity contribution >= 4 is 5.97 Å². The number of nitrogens with two attached hydrogens (primary N) is 1. The van der Waals surface area contributed by atoms with Crippen LogP contribution in [0.4, 0.5) is 0 Å². The summed E-state index contributed by atoms with van der Waals surface area (Å²) in [4.78, 5) is 22.0. The van der Waals surface area contributed by atoms with Crippen molar-refractivity contribution in [2.75, 3.05) is 6.61 Å². The average Bonchev–Trinajstić information content (AvgIpc) is 2.31. The topological polar surface area (TPSA) is 85.0 Å². The van der Waals surface area contributed by atoms with E-state index in [1.165, 1.54) is 0 Å². The van der Waals surface area contributed by atoms with E-state index in [0.29, 0.717) is 10.7 Å². The first-order chi connectivity index (χ1) is 7.70. The molecule has 0 amide bonds. The van der Waals surface area contributed by atoms with Gasteiger partial charge in [-0.25, -0.2) is 10.6 Å². The Balaban J connectivity index is 2.96. The predicted octanol–water partition coefficient (Wildman–Crippen LogP) is 1.15. The van der Waals surface area contributed by atoms with Crippen molar-refractivity contribution in [1.82, 2.24) is 5.12 Å². The molecule has 0 saturated carbocycles. The minimum absolute atomic E-state index is 0.217. The molecule has 0 radical (unpaired) electrons. The van der Waals surface area contributed by atoms with Gasteiger partial charge in [0, 0.05) is 0 Å². The highest BCUT2D eigenvalue weighted by Crippen LogP contribution is 2.19. The van der Waals surface area contributed by atoms with Crippen LogP contribution in [0.1, 0.15) is 18.5 Å². The minimum atomic E-state index is -1.00. The van der Waals surface area contributed by atoms with Gasteiger partial charge in [0.25, 0.3) is 0 Å². The standard InChI is InChI=1S/C10H13N3O3/c1-2-16-10(14)9(13(11)12-15)8-6-4-3-5-7-8/h3-7,9H,2,11H2,1H3/t9-/m1/s1. The molecule has 16 heavy (non-hydrogen) atoms. The number of benzene rings is 1. The SMILES string of the molecule is CCOC(=O)[C@@H](c1ccccc1)N(N)N=O. The Bertz CT molecular complexity index is 356. The van der Waals surface area contributed by atoms with E-state index in [9.17, 15) is 9.70 Å². The smallest absolute Gasteiger partial charge is 0.337 e. The van der Waals surface area contributed by atoms with Gasteiger partial charge in [0.15, 0.2) is 6.04 Å². The Hall–Kier alpha value is -1.95. The van der Waals surface area contributed by atoms with Crippen molar-refractivity contribution < 1.29 is 9.53 Å². The number of esters is 1. The molecule has 6 heteroatoms. The van der Waals surface area contributed by atoms with E-state index in [-0.39, 0.29) is 6.61 Å². The Labute approximate surface area is 92.9 Å². The summed E-state index contributed by atoms with van der Waals surface area (Å²) in [5, 5.41) is 3.08. The summed E-state index contributed by atoms with van der Waals surface area (Å²) in [6.45, 7) is 1.89. The first-order valence-electron chi connectivity index (χ1n) is 4.79. The molecule has 0 heterocycles. The fourth-order valence-electron chi connectivity index (χ4n) is 1.30. The maximum Gasteiger partial charge on any atom is 0.337 e. The molecule has 0 fully saturated rings. The van der Waals surface area contributed by atoms with Crippen LogP contribution >= 0.6 is 0 Å². The monoisotopic (exact) mass is 223 g/mol. The van der Waals surface area contributed by atoms with E-state index < -0.39 is 12.0 Å². The highest BCUT2D eigenvalue weighted by Gasteiger charge is 2.27. The van der Waals surface area contributed by atoms with Crippen LogP contribution in [-0.4, -0.2) is 17.7 Å². The summed E-state index contributed by atoms with van der Waals surface area (Å²) in [6.07, 6.45) is 0. The summed E-state index contributed by atoms with van der Waals surface area (Å²) in [7, 11) is 0. The number of ether oxygens (including phenoxy) is 1. The molecular formula is C10H13N3O3. The van der Waals surface area contributed by atoms with Gasteiger partial charge in [-0.3, -0.25) is 0 Å². The van der Waals surface area contributed by atoms with Crippen LogP contribution in [0.2, 0.25) is 0 Å². The second-order valence-electron chi connectivity index (χ2n) is 3.03. The van der Waals surface area contributed by atoms with E-state index in [2.05, 4.69) is 5.29 Å². The van der Waals surface area contributed by atoms with Crippen molar-refractivity contribution in [1.29, 1.82) is 0 Å². The third-order valence-electron chi connectivity index (χ3n) is 1.98. The zero-order valence-corrected chi connectivity index (χ0v) is 8.87. The van der Waals surface area contributed by atoms with Gasteiger partial charge in [-0.05, 0) is 12.5 Å². The molecule has 1 atom stereocenters. The number of rotatable bonds is 5. The molecule has 0 aromatic heterocycles. The normalized spacial score (nSPS) is 11.6. The quantitative estimate of drug-likeness (QED) is 0.350. The summed E-state index contributed by atoms with van der Waals surface area (Å²) in [5.74, 6) is 4.73. The first-order valence-corrected chi connectivity index (χ1v) is 4.79. The van der Waals surface area contributed by atoms with Crippen molar-refractivity contribution in [3.05, 3.63) is 40.8 Å². The van der Waals surface area contributed by atoms with Crippen LogP contribution in [-0.2, 0) is 9.53 Å². The van der Waals surface area contributed by atoms with Crippen molar-refractivity contribution in [3.63, 3.8) is 0 Å². The fraction of sp³-hybridized carbons (Fsp3) is 0.300. The maximum atomic E-state index is 11.6. The van der Waals surface area contributed by atoms with Crippen LogP contribution < -0.4 is 5.84 Å². The Morgan fingerprint density at radius 2 is 2.12 bits per heavy atom. The molecule has 0 aliphatic carbocycles. The molecule has 1 rings (SSSR count). The van der Waals surface area contributed by atoms with Gasteiger partial charge >= 0.3 is 5.97 Å². The number of carbonyl (C=O) groups is 1. The molecule has 0 spiro atoms. The number of nitroso groups, excluding NO2 is 1. The van der Waals surface area contributed by atoms with Crippen LogP contribution in [0.5, 0.6) is 0 Å². The Morgan fingerprint density at radius 3 is 2.62 bits per heavy atom. The highest BCUT2D eigenvalue weighted by atomic mass is 16.5. The zero-order valence-electron chi connectivity index (χ0n) is 8.87. The summed E-state index contributed by atoms with van der Waals surface area (Å²) in [6, 6.07) is 7.61. The van der Waals surface area contributed by atoms with Crippen molar-refractivity contribution in [3.8, 4) is 0 Å². The van der Waals surface area contributed by atoms with Gasteiger partial charge < -0.3 is 4.74 Å². The molecular weight excluding hydrogens is 210 g/mol. The van der Waals surface area contributed by atoms with E-state index in [1.54, 1.807) is 37.3 Å². The number of hydrazine groups is 1. The number of hydrogen-bond donors (Lipinski definition) is 1. The Morgan fingerprint density at radius 1 is 1.50 bits per heavy atom. The minimum Gasteiger partial charge on any atom is -0.464 e. The zero-order chi connectivity index (χ0) is 12.0. The average molecular weight is 223 g/mol. The lowest BCUT2D eigenvalue weighted by atomic mass is 10.1. The first kappa shape index (κ1) is 12.1. The summed E-state index contributed by atoms with van der Waals surface area (Å²) >= 11 is 0. The van der Waals surface area contributed by atoms with E-state index >= 15 is 0 Å². The van der Waals surface area contributed by atoms with Crippen LogP contribution in [0.25, 0.3) is 0 Å². The van der Waals surface area contributed by atoms with E-state index in [0.717, 1.165) is 0 Å². The molecule has 0 unspecified atom stereocenters. The maximum absolute atomic E-state index is 11.6. The lowest BCUT2D eigenvalue weighted by Gasteiger charge is -2.20. The predicted molar refractivity (Wildman–Crippen MR) is 57.6 cm³/mol. The second kappa shape index (κ2) is 5.82. The van der Waals surface area contributed by atoms with E-state index in [4.69, 9.17) is 10.6 Å². The second-order valence-corrected chi connectivity index (χ2v) is 3.03. The van der Waals surface area contributed by atoms with Crippen LogP contribution in [0, 0.1) is 4.91 Å². The molecule has 86 valence electrons. The molecule has 0 aliphatic heterocycles. The molecule has 1 aromatic rings. The largest absolute Gasteiger partial charge is 0.464 e. The molecule has 6 nitrogen and oxygen atoms in total. The van der Waals surface area contributed by atoms with Gasteiger partial charge in [-0.1, -0.05) is 30.3 Å². The van der Waals surface area contributed by atoms with Gasteiger partial charge in [0.2, 0.25) is 0 Å². The van der Waals surface area contributed by atoms with Gasteiger partial charge in [0.05, 0.1) is 11.9 Å². The number of hydrogen-bond acceptors (Lipinski definition) is 5. The summed E-state index contributed by atoms with van der Waals surface area (Å²) < 4.78 is 4.82. The summed E-state index contributed by atoms with van der Waals surface area (Å²) in [5.41, 5.74) is 0.558. The van der Waals surface area contributed by atoms with Crippen LogP contribution in [0.15, 0.2) is 35.6 Å². The fourth-order valence-corrected chi connectivity index (χ4v) is 1.30. The Kier molecular flexibility index (Phi) is 4.41. The van der Waals surface area contributed by atoms with Crippen molar-refractivity contribution in [2.45, 2.75) is 13.0 Å². The lowest BCUT2D eigenvalue weighted by Crippen LogP contribution is -2.36. The molecule has 0 bridgehead atoms. The molecule has 0 aliphatic rings. The van der Waals surface area contributed by atoms with Gasteiger partial charge in [0.1, 0.15) is 0 Å². The molecule has 1 aromatic carbocycles. The number of nitrogens with zero attached hydrogens (tertiary/aromatic N) is 2. The third-order valence-corrected chi connectivity index (χ3v) is 1.98. The van der Waals surface area contributed by atoms with Crippen molar-refractivity contribution in [2.24, 2.45) is 11.1 Å². The molecule has 0 saturated heterocycles. The number of carbonyl (C=O) groups excluding carboxylic acids is 1. The van der Waals surface area contributed by atoms with E-state index in [1.807, 2.05) is 0 Å². The lowest BCUT2D eigenvalue weighted by molar-refractivity contribution is -0.150. The van der Waals surface area contributed by atoms with Gasteiger partial charge in [-0.15, -0.1) is 4.91 Å².